The molecule has 0 N–H and O–H groups in total. The summed E-state index contributed by atoms with van der Waals surface area (Å²) in [5.74, 6) is 0. The molecule has 0 saturated heterocycles. The third-order valence-electron chi connectivity index (χ3n) is 1.55. The number of aromatic nitrogens is 1. The van der Waals surface area contributed by atoms with Gasteiger partial charge in [0, 0.05) is 18.6 Å². The zero-order valence-electron chi connectivity index (χ0n) is 7.81. The number of unbranched alkanes of at least 4 members (excludes halogenated alkanes) is 1. The van der Waals surface area contributed by atoms with Gasteiger partial charge in [-0.25, -0.2) is 9.83 Å². The number of pyridine rings is 1. The molecular weight excluding hydrogens is 180 g/mol. The van der Waals surface area contributed by atoms with Crippen molar-refractivity contribution in [1.29, 1.82) is 5.26 Å². The van der Waals surface area contributed by atoms with E-state index in [0.717, 1.165) is 6.54 Å². The molecule has 3 heteroatoms. The Balaban J connectivity index is 0.000000424. The molecule has 1 heterocycles. The lowest BCUT2D eigenvalue weighted by molar-refractivity contribution is -0.697. The van der Waals surface area contributed by atoms with E-state index in [4.69, 9.17) is 5.26 Å². The molecule has 13 heavy (non-hydrogen) atoms. The molecule has 0 saturated carbocycles. The Kier molecular flexibility index (Phi) is 8.17. The summed E-state index contributed by atoms with van der Waals surface area (Å²) in [6.07, 6.45) is 6.75. The summed E-state index contributed by atoms with van der Waals surface area (Å²) in [6.45, 7) is 3.36. The fourth-order valence-electron chi connectivity index (χ4n) is 0.924. The molecule has 0 aliphatic carbocycles. The molecule has 0 atom stereocenters. The summed E-state index contributed by atoms with van der Waals surface area (Å²) in [4.78, 5) is 0. The summed E-state index contributed by atoms with van der Waals surface area (Å²) in [5.41, 5.74) is 0. The monoisotopic (exact) mass is 194 g/mol. The maximum Gasteiger partial charge on any atom is 0.168 e. The van der Waals surface area contributed by atoms with Crippen molar-refractivity contribution in [2.45, 2.75) is 26.3 Å². The van der Waals surface area contributed by atoms with Crippen LogP contribution in [0.3, 0.4) is 0 Å². The molecule has 0 spiro atoms. The van der Waals surface area contributed by atoms with Crippen LogP contribution in [-0.2, 0) is 19.2 Å². The third-order valence-corrected chi connectivity index (χ3v) is 1.55. The smallest absolute Gasteiger partial charge is 0.168 e. The van der Waals surface area contributed by atoms with Crippen LogP contribution in [0.15, 0.2) is 30.6 Å². The van der Waals surface area contributed by atoms with Crippen LogP contribution in [0.2, 0.25) is 0 Å². The van der Waals surface area contributed by atoms with Crippen molar-refractivity contribution >= 4 is 12.6 Å². The van der Waals surface area contributed by atoms with Gasteiger partial charge in [-0.2, -0.15) is 0 Å². The van der Waals surface area contributed by atoms with Gasteiger partial charge in [-0.15, -0.1) is 0 Å². The number of nitriles is 1. The van der Waals surface area contributed by atoms with Crippen LogP contribution in [0.4, 0.5) is 0 Å². The molecule has 0 unspecified atom stereocenters. The molecule has 0 aromatic carbocycles. The Morgan fingerprint density at radius 2 is 1.85 bits per heavy atom. The number of nitrogens with zero attached hydrogens (tertiary/aromatic N) is 2. The average Bonchev–Trinajstić information content (AvgIpc) is 2.18. The Morgan fingerprint density at radius 3 is 2.31 bits per heavy atom. The largest absolute Gasteiger partial charge is 0.696 e. The van der Waals surface area contributed by atoms with E-state index in [2.05, 4.69) is 48.6 Å². The SMILES string of the molecule is CCCC[n+]1ccccc1.N#C[S-]. The van der Waals surface area contributed by atoms with E-state index >= 15 is 0 Å². The van der Waals surface area contributed by atoms with Gasteiger partial charge in [-0.3, -0.25) is 0 Å². The molecule has 70 valence electrons. The summed E-state index contributed by atoms with van der Waals surface area (Å²) in [6, 6.07) is 6.17. The predicted molar refractivity (Wildman–Crippen MR) is 54.5 cm³/mol. The van der Waals surface area contributed by atoms with Crippen molar-refractivity contribution in [2.24, 2.45) is 0 Å². The van der Waals surface area contributed by atoms with Crippen molar-refractivity contribution in [1.82, 2.24) is 0 Å². The molecule has 0 aliphatic rings. The van der Waals surface area contributed by atoms with Gasteiger partial charge in [-0.1, -0.05) is 24.8 Å². The number of aryl methyl sites for hydroxylation is 1. The van der Waals surface area contributed by atoms with E-state index in [1.165, 1.54) is 18.2 Å². The van der Waals surface area contributed by atoms with Gasteiger partial charge in [0.25, 0.3) is 0 Å². The maximum absolute atomic E-state index is 7.13. The molecule has 0 fully saturated rings. The normalized spacial score (nSPS) is 8.00. The third kappa shape index (κ3) is 7.23. The highest BCUT2D eigenvalue weighted by atomic mass is 32.1. The number of hydrogen-bond acceptors (Lipinski definition) is 2. The first-order valence-electron chi connectivity index (χ1n) is 4.30. The lowest BCUT2D eigenvalue weighted by Gasteiger charge is -1.91. The molecule has 0 radical (unpaired) electrons. The summed E-state index contributed by atoms with van der Waals surface area (Å²) in [5, 5.41) is 8.47. The van der Waals surface area contributed by atoms with Crippen molar-refractivity contribution in [2.75, 3.05) is 0 Å². The standard InChI is InChI=1S/C9H14N.CHNS/c1-2-3-7-10-8-5-4-6-9-10;2-1-3/h4-6,8-9H,2-3,7H2,1H3;3H/q+1;/p-1. The Hall–Kier alpha value is -1.14. The van der Waals surface area contributed by atoms with Crippen molar-refractivity contribution < 1.29 is 4.57 Å². The minimum atomic E-state index is 1.15. The number of rotatable bonds is 3. The van der Waals surface area contributed by atoms with Crippen molar-refractivity contribution in [3.8, 4) is 5.40 Å². The lowest BCUT2D eigenvalue weighted by Crippen LogP contribution is -2.31. The van der Waals surface area contributed by atoms with Gasteiger partial charge in [0.15, 0.2) is 12.4 Å². The van der Waals surface area contributed by atoms with E-state index in [0.29, 0.717) is 0 Å². The van der Waals surface area contributed by atoms with Gasteiger partial charge in [0.1, 0.15) is 6.54 Å². The van der Waals surface area contributed by atoms with E-state index in [1.54, 1.807) is 0 Å². The average molecular weight is 194 g/mol. The topological polar surface area (TPSA) is 27.7 Å². The quantitative estimate of drug-likeness (QED) is 0.417. The Labute approximate surface area is 85.2 Å². The van der Waals surface area contributed by atoms with Crippen LogP contribution in [0.25, 0.3) is 0 Å². The molecule has 1 aromatic heterocycles. The van der Waals surface area contributed by atoms with Gasteiger partial charge in [0.05, 0.1) is 0 Å². The molecule has 0 aliphatic heterocycles. The van der Waals surface area contributed by atoms with Gasteiger partial charge >= 0.3 is 0 Å². The van der Waals surface area contributed by atoms with Crippen LogP contribution in [-0.4, -0.2) is 0 Å². The first-order valence-corrected chi connectivity index (χ1v) is 4.71. The number of thiocyanates is 1. The first kappa shape index (κ1) is 11.9. The zero-order valence-corrected chi connectivity index (χ0v) is 8.63. The summed E-state index contributed by atoms with van der Waals surface area (Å²) < 4.78 is 2.21. The summed E-state index contributed by atoms with van der Waals surface area (Å²) >= 11 is 3.70. The predicted octanol–water partition coefficient (Wildman–Crippen LogP) is 1.79. The Bertz CT molecular complexity index is 241. The van der Waals surface area contributed by atoms with Crippen molar-refractivity contribution in [3.05, 3.63) is 30.6 Å². The molecule has 0 bridgehead atoms. The fraction of sp³-hybridized carbons (Fsp3) is 0.400. The second-order valence-electron chi connectivity index (χ2n) is 2.56. The zero-order chi connectivity index (χ0) is 9.94. The van der Waals surface area contributed by atoms with E-state index in [9.17, 15) is 0 Å². The minimum absolute atomic E-state index is 1.15. The molecule has 0 amide bonds. The molecular formula is C10H14N2S. The lowest BCUT2D eigenvalue weighted by atomic mass is 10.3. The van der Waals surface area contributed by atoms with E-state index in [-0.39, 0.29) is 0 Å². The Morgan fingerprint density at radius 1 is 1.31 bits per heavy atom. The first-order chi connectivity index (χ1) is 6.35. The van der Waals surface area contributed by atoms with Crippen LogP contribution in [0.5, 0.6) is 0 Å². The summed E-state index contributed by atoms with van der Waals surface area (Å²) in [7, 11) is 0. The molecule has 1 rings (SSSR count). The van der Waals surface area contributed by atoms with Gasteiger partial charge in [-0.05, 0) is 0 Å². The highest BCUT2D eigenvalue weighted by molar-refractivity contribution is 7.64. The fourth-order valence-corrected chi connectivity index (χ4v) is 0.924. The highest BCUT2D eigenvalue weighted by Crippen LogP contribution is 1.85. The van der Waals surface area contributed by atoms with Crippen LogP contribution < -0.4 is 4.57 Å². The van der Waals surface area contributed by atoms with Gasteiger partial charge in [0.2, 0.25) is 0 Å². The van der Waals surface area contributed by atoms with Crippen LogP contribution in [0.1, 0.15) is 19.8 Å². The second-order valence-corrected chi connectivity index (χ2v) is 2.74. The van der Waals surface area contributed by atoms with Crippen molar-refractivity contribution in [3.63, 3.8) is 0 Å². The minimum Gasteiger partial charge on any atom is -0.696 e. The maximum atomic E-state index is 7.13. The molecule has 2 nitrogen and oxygen atoms in total. The second kappa shape index (κ2) is 8.95. The molecule has 1 aromatic rings. The van der Waals surface area contributed by atoms with Crippen LogP contribution >= 0.6 is 0 Å². The highest BCUT2D eigenvalue weighted by Gasteiger charge is 1.93. The van der Waals surface area contributed by atoms with Gasteiger partial charge < -0.3 is 12.6 Å². The van der Waals surface area contributed by atoms with E-state index in [1.807, 2.05) is 6.07 Å². The van der Waals surface area contributed by atoms with E-state index < -0.39 is 0 Å². The number of hydrogen-bond donors (Lipinski definition) is 0. The van der Waals surface area contributed by atoms with Crippen LogP contribution in [0, 0.1) is 10.7 Å².